The first-order valence-corrected chi connectivity index (χ1v) is 13.5. The van der Waals surface area contributed by atoms with Crippen LogP contribution in [0, 0.1) is 0 Å². The second-order valence-electron chi connectivity index (χ2n) is 8.86. The maximum absolute atomic E-state index is 12.9. The molecule has 1 unspecified atom stereocenters. The van der Waals surface area contributed by atoms with Crippen LogP contribution in [-0.2, 0) is 23.4 Å². The molecule has 7 nitrogen and oxygen atoms in total. The summed E-state index contributed by atoms with van der Waals surface area (Å²) in [4.78, 5) is 45.4. The molecule has 2 N–H and O–H groups in total. The Hall–Kier alpha value is -2.65. The van der Waals surface area contributed by atoms with Crippen LogP contribution >= 0.6 is 23.1 Å². The van der Waals surface area contributed by atoms with E-state index < -0.39 is 0 Å². The molecule has 9 heteroatoms. The van der Waals surface area contributed by atoms with Crippen molar-refractivity contribution in [1.29, 1.82) is 0 Å². The largest absolute Gasteiger partial charge is 0.342 e. The lowest BCUT2D eigenvalue weighted by Crippen LogP contribution is -2.40. The van der Waals surface area contributed by atoms with Gasteiger partial charge in [0.25, 0.3) is 5.56 Å². The summed E-state index contributed by atoms with van der Waals surface area (Å²) in [6.07, 6.45) is 5.18. The number of aryl methyl sites for hydroxylation is 2. The molecular weight excluding hydrogens is 454 g/mol. The van der Waals surface area contributed by atoms with Gasteiger partial charge in [0, 0.05) is 23.9 Å². The van der Waals surface area contributed by atoms with Crippen molar-refractivity contribution in [2.45, 2.75) is 43.8 Å². The minimum Gasteiger partial charge on any atom is -0.342 e. The zero-order chi connectivity index (χ0) is 22.4. The summed E-state index contributed by atoms with van der Waals surface area (Å²) >= 11 is 3.17. The van der Waals surface area contributed by atoms with Gasteiger partial charge >= 0.3 is 0 Å². The zero-order valence-corrected chi connectivity index (χ0v) is 19.9. The van der Waals surface area contributed by atoms with Crippen LogP contribution in [-0.4, -0.2) is 49.6 Å². The van der Waals surface area contributed by atoms with Crippen molar-refractivity contribution in [3.05, 3.63) is 56.7 Å². The van der Waals surface area contributed by atoms with E-state index in [0.717, 1.165) is 65.7 Å². The number of hydrogen-bond acceptors (Lipinski definition) is 6. The summed E-state index contributed by atoms with van der Waals surface area (Å²) in [7, 11) is 0. The van der Waals surface area contributed by atoms with E-state index >= 15 is 0 Å². The molecule has 33 heavy (non-hydrogen) atoms. The number of aromatic nitrogens is 4. The molecule has 1 saturated heterocycles. The van der Waals surface area contributed by atoms with E-state index in [0.29, 0.717) is 23.9 Å². The van der Waals surface area contributed by atoms with Gasteiger partial charge in [0.15, 0.2) is 0 Å². The number of imidazole rings is 1. The van der Waals surface area contributed by atoms with Gasteiger partial charge in [-0.25, -0.2) is 9.97 Å². The zero-order valence-electron chi connectivity index (χ0n) is 18.2. The number of thiophene rings is 1. The average Bonchev–Trinajstić information content (AvgIpc) is 3.53. The van der Waals surface area contributed by atoms with E-state index in [4.69, 9.17) is 4.98 Å². The normalized spacial score (nSPS) is 18.3. The molecular formula is C24H25N5O2S2. The number of nitrogens with zero attached hydrogens (tertiary/aromatic N) is 3. The van der Waals surface area contributed by atoms with Gasteiger partial charge in [0.2, 0.25) is 5.91 Å². The van der Waals surface area contributed by atoms with Gasteiger partial charge in [0.05, 0.1) is 27.9 Å². The minimum atomic E-state index is -0.0361. The number of amides is 1. The first kappa shape index (κ1) is 20.9. The van der Waals surface area contributed by atoms with E-state index in [2.05, 4.69) is 15.0 Å². The molecule has 0 saturated carbocycles. The Morgan fingerprint density at radius 1 is 1.18 bits per heavy atom. The van der Waals surface area contributed by atoms with Crippen molar-refractivity contribution >= 4 is 50.3 Å². The lowest BCUT2D eigenvalue weighted by atomic mass is 9.97. The molecule has 0 radical (unpaired) electrons. The van der Waals surface area contributed by atoms with Crippen LogP contribution in [0.1, 0.15) is 47.3 Å². The molecule has 3 aromatic heterocycles. The third kappa shape index (κ3) is 3.97. The maximum Gasteiger partial charge on any atom is 0.259 e. The Kier molecular flexibility index (Phi) is 5.46. The van der Waals surface area contributed by atoms with Gasteiger partial charge in [-0.3, -0.25) is 9.59 Å². The number of para-hydroxylation sites is 2. The van der Waals surface area contributed by atoms with Crippen molar-refractivity contribution in [3.63, 3.8) is 0 Å². The van der Waals surface area contributed by atoms with Gasteiger partial charge in [-0.1, -0.05) is 12.1 Å². The maximum atomic E-state index is 12.9. The summed E-state index contributed by atoms with van der Waals surface area (Å²) in [5.74, 6) is 2.92. The number of benzene rings is 1. The van der Waals surface area contributed by atoms with Crippen molar-refractivity contribution in [2.24, 2.45) is 0 Å². The number of nitrogens with one attached hydrogen (secondary N) is 2. The smallest absolute Gasteiger partial charge is 0.259 e. The van der Waals surface area contributed by atoms with Crippen LogP contribution in [0.5, 0.6) is 0 Å². The molecule has 1 aliphatic heterocycles. The molecule has 0 bridgehead atoms. The molecule has 4 heterocycles. The van der Waals surface area contributed by atoms with Gasteiger partial charge in [-0.05, 0) is 49.8 Å². The van der Waals surface area contributed by atoms with Crippen molar-refractivity contribution in [1.82, 2.24) is 24.8 Å². The molecule has 1 aliphatic carbocycles. The fourth-order valence-corrected chi connectivity index (χ4v) is 7.10. The Labute approximate surface area is 199 Å². The highest BCUT2D eigenvalue weighted by atomic mass is 32.2. The van der Waals surface area contributed by atoms with Crippen molar-refractivity contribution in [2.75, 3.05) is 18.8 Å². The summed E-state index contributed by atoms with van der Waals surface area (Å²) in [6.45, 7) is 1.49. The van der Waals surface area contributed by atoms with Crippen LogP contribution in [0.3, 0.4) is 0 Å². The average molecular weight is 480 g/mol. The highest BCUT2D eigenvalue weighted by molar-refractivity contribution is 7.99. The number of fused-ring (bicyclic) bond motifs is 4. The number of hydrogen-bond donors (Lipinski definition) is 2. The Morgan fingerprint density at radius 2 is 2.09 bits per heavy atom. The fraction of sp³-hybridized carbons (Fsp3) is 0.417. The SMILES string of the molecule is O=C(CSCc1nc2sc3c(c2c(=O)[nH]1)CCC3)N1CCCC(c2nc3ccccc3[nH]2)C1. The lowest BCUT2D eigenvalue weighted by Gasteiger charge is -2.31. The van der Waals surface area contributed by atoms with E-state index in [-0.39, 0.29) is 17.4 Å². The standard InChI is InChI=1S/C24H25N5O2S2/c30-20(29-10-4-5-14(11-29)22-25-16-7-1-2-8-17(16)26-22)13-32-12-19-27-23(31)21-15-6-3-9-18(15)33-24(21)28-19/h1-2,7-8,14H,3-6,9-13H2,(H,25,26)(H,27,28,31). The third-order valence-electron chi connectivity index (χ3n) is 6.66. The molecule has 1 amide bonds. The van der Waals surface area contributed by atoms with E-state index in [1.165, 1.54) is 22.2 Å². The predicted octanol–water partition coefficient (Wildman–Crippen LogP) is 3.99. The number of piperidine rings is 1. The molecule has 170 valence electrons. The van der Waals surface area contributed by atoms with E-state index in [9.17, 15) is 9.59 Å². The number of carbonyl (C=O) groups excluding carboxylic acids is 1. The second-order valence-corrected chi connectivity index (χ2v) is 10.9. The van der Waals surface area contributed by atoms with Crippen molar-refractivity contribution in [3.8, 4) is 0 Å². The van der Waals surface area contributed by atoms with Crippen LogP contribution < -0.4 is 5.56 Å². The Bertz CT molecular complexity index is 1370. The Morgan fingerprint density at radius 3 is 3.00 bits per heavy atom. The first-order chi connectivity index (χ1) is 16.2. The number of rotatable bonds is 5. The minimum absolute atomic E-state index is 0.0361. The molecule has 0 spiro atoms. The molecule has 4 aromatic rings. The van der Waals surface area contributed by atoms with Gasteiger partial charge < -0.3 is 14.9 Å². The fourth-order valence-electron chi connectivity index (χ4n) is 5.03. The molecule has 2 aliphatic rings. The number of likely N-dealkylation sites (tertiary alicyclic amines) is 1. The topological polar surface area (TPSA) is 94.7 Å². The Balaban J connectivity index is 1.08. The lowest BCUT2D eigenvalue weighted by molar-refractivity contribution is -0.129. The summed E-state index contributed by atoms with van der Waals surface area (Å²) < 4.78 is 0. The summed E-state index contributed by atoms with van der Waals surface area (Å²) in [5, 5.41) is 0.780. The predicted molar refractivity (Wildman–Crippen MR) is 133 cm³/mol. The van der Waals surface area contributed by atoms with Crippen LogP contribution in [0.25, 0.3) is 21.3 Å². The van der Waals surface area contributed by atoms with Crippen LogP contribution in [0.2, 0.25) is 0 Å². The second kappa shape index (κ2) is 8.61. The van der Waals surface area contributed by atoms with Crippen LogP contribution in [0.4, 0.5) is 0 Å². The van der Waals surface area contributed by atoms with E-state index in [1.807, 2.05) is 29.2 Å². The molecule has 1 fully saturated rings. The van der Waals surface area contributed by atoms with E-state index in [1.54, 1.807) is 11.3 Å². The first-order valence-electron chi connectivity index (χ1n) is 11.5. The van der Waals surface area contributed by atoms with Crippen molar-refractivity contribution < 1.29 is 4.79 Å². The molecule has 1 atom stereocenters. The van der Waals surface area contributed by atoms with Gasteiger partial charge in [-0.15, -0.1) is 23.1 Å². The number of carbonyl (C=O) groups is 1. The summed E-state index contributed by atoms with van der Waals surface area (Å²) in [6, 6.07) is 8.04. The third-order valence-corrected chi connectivity index (χ3v) is 8.77. The van der Waals surface area contributed by atoms with Crippen LogP contribution in [0.15, 0.2) is 29.1 Å². The number of H-pyrrole nitrogens is 2. The quantitative estimate of drug-likeness (QED) is 0.451. The number of thioether (sulfide) groups is 1. The highest BCUT2D eigenvalue weighted by Crippen LogP contribution is 2.34. The summed E-state index contributed by atoms with van der Waals surface area (Å²) in [5.41, 5.74) is 3.18. The monoisotopic (exact) mass is 479 g/mol. The highest BCUT2D eigenvalue weighted by Gasteiger charge is 2.27. The van der Waals surface area contributed by atoms with Gasteiger partial charge in [-0.2, -0.15) is 0 Å². The number of aromatic amines is 2. The molecule has 6 rings (SSSR count). The van der Waals surface area contributed by atoms with Gasteiger partial charge in [0.1, 0.15) is 16.5 Å². The molecule has 1 aromatic carbocycles.